The molecule has 9 heteroatoms. The Bertz CT molecular complexity index is 968. The van der Waals surface area contributed by atoms with Crippen LogP contribution < -0.4 is 0 Å². The Morgan fingerprint density at radius 2 is 1.62 bits per heavy atom. The van der Waals surface area contributed by atoms with Crippen molar-refractivity contribution < 1.29 is 18.0 Å². The molecule has 0 saturated carbocycles. The van der Waals surface area contributed by atoms with Gasteiger partial charge in [-0.15, -0.1) is 11.8 Å². The van der Waals surface area contributed by atoms with Gasteiger partial charge in [0.05, 0.1) is 16.2 Å². The third-order valence-electron chi connectivity index (χ3n) is 4.71. The SMILES string of the molecule is CCN(CC)S(=O)(=O)c1ccc(SCCCN2C(=O)c3ccccc3C2=O)nc1. The number of nitrogens with zero attached hydrogens (tertiary/aromatic N) is 3. The highest BCUT2D eigenvalue weighted by molar-refractivity contribution is 7.99. The number of thioether (sulfide) groups is 1. The van der Waals surface area contributed by atoms with E-state index < -0.39 is 10.0 Å². The van der Waals surface area contributed by atoms with E-state index in [0.29, 0.717) is 48.0 Å². The molecule has 0 bridgehead atoms. The molecule has 0 unspecified atom stereocenters. The molecule has 2 amide bonds. The van der Waals surface area contributed by atoms with Crippen LogP contribution in [0, 0.1) is 0 Å². The van der Waals surface area contributed by atoms with Gasteiger partial charge in [0, 0.05) is 31.6 Å². The molecule has 1 aromatic carbocycles. The molecule has 0 spiro atoms. The lowest BCUT2D eigenvalue weighted by Gasteiger charge is -2.18. The van der Waals surface area contributed by atoms with Crippen LogP contribution in [0.1, 0.15) is 41.0 Å². The van der Waals surface area contributed by atoms with Gasteiger partial charge in [0.15, 0.2) is 0 Å². The van der Waals surface area contributed by atoms with E-state index in [4.69, 9.17) is 0 Å². The number of rotatable bonds is 9. The predicted octanol–water partition coefficient (Wildman–Crippen LogP) is 2.89. The van der Waals surface area contributed by atoms with Crippen molar-refractivity contribution in [1.29, 1.82) is 0 Å². The Hall–Kier alpha value is -2.23. The van der Waals surface area contributed by atoms with Crippen molar-refractivity contribution in [3.63, 3.8) is 0 Å². The predicted molar refractivity (Wildman–Crippen MR) is 111 cm³/mol. The Kier molecular flexibility index (Phi) is 6.71. The van der Waals surface area contributed by atoms with Crippen molar-refractivity contribution in [2.45, 2.75) is 30.2 Å². The number of fused-ring (bicyclic) bond motifs is 1. The average Bonchev–Trinajstić information content (AvgIpc) is 2.97. The van der Waals surface area contributed by atoms with Gasteiger partial charge in [-0.05, 0) is 30.7 Å². The highest BCUT2D eigenvalue weighted by Gasteiger charge is 2.34. The zero-order valence-corrected chi connectivity index (χ0v) is 18.0. The fraction of sp³-hybridized carbons (Fsp3) is 0.350. The second-order valence-electron chi connectivity index (χ2n) is 6.43. The van der Waals surface area contributed by atoms with Gasteiger partial charge in [-0.25, -0.2) is 13.4 Å². The Labute approximate surface area is 175 Å². The minimum Gasteiger partial charge on any atom is -0.274 e. The standard InChI is InChI=1S/C20H23N3O4S2/c1-3-22(4-2)29(26,27)15-10-11-18(21-14-15)28-13-7-12-23-19(24)16-8-5-6-9-17(16)20(23)25/h5-6,8-11,14H,3-4,7,12-13H2,1-2H3. The van der Waals surface area contributed by atoms with E-state index in [1.807, 2.05) is 0 Å². The topological polar surface area (TPSA) is 87.7 Å². The van der Waals surface area contributed by atoms with Gasteiger partial charge < -0.3 is 0 Å². The van der Waals surface area contributed by atoms with Gasteiger partial charge in [-0.1, -0.05) is 26.0 Å². The summed E-state index contributed by atoms with van der Waals surface area (Å²) < 4.78 is 26.3. The van der Waals surface area contributed by atoms with Crippen LogP contribution in [0.5, 0.6) is 0 Å². The lowest BCUT2D eigenvalue weighted by Crippen LogP contribution is -2.31. The summed E-state index contributed by atoms with van der Waals surface area (Å²) in [6, 6.07) is 10.1. The maximum absolute atomic E-state index is 12.5. The highest BCUT2D eigenvalue weighted by atomic mass is 32.2. The molecule has 1 aliphatic heterocycles. The van der Waals surface area contributed by atoms with Crippen LogP contribution >= 0.6 is 11.8 Å². The molecule has 0 saturated heterocycles. The zero-order valence-electron chi connectivity index (χ0n) is 16.4. The normalized spacial score (nSPS) is 14.0. The lowest BCUT2D eigenvalue weighted by molar-refractivity contribution is 0.0655. The van der Waals surface area contributed by atoms with E-state index >= 15 is 0 Å². The molecule has 29 heavy (non-hydrogen) atoms. The quantitative estimate of drug-likeness (QED) is 0.343. The van der Waals surface area contributed by atoms with Gasteiger partial charge >= 0.3 is 0 Å². The first-order valence-corrected chi connectivity index (χ1v) is 11.9. The minimum absolute atomic E-state index is 0.177. The second-order valence-corrected chi connectivity index (χ2v) is 9.48. The molecule has 1 aliphatic rings. The molecule has 0 N–H and O–H groups in total. The molecular weight excluding hydrogens is 410 g/mol. The number of aromatic nitrogens is 1. The number of carbonyl (C=O) groups is 2. The smallest absolute Gasteiger partial charge is 0.261 e. The van der Waals surface area contributed by atoms with E-state index in [1.165, 1.54) is 27.2 Å². The Morgan fingerprint density at radius 3 is 2.14 bits per heavy atom. The van der Waals surface area contributed by atoms with Crippen LogP contribution in [0.25, 0.3) is 0 Å². The molecule has 0 aliphatic carbocycles. The van der Waals surface area contributed by atoms with E-state index in [9.17, 15) is 18.0 Å². The molecule has 2 heterocycles. The summed E-state index contributed by atoms with van der Waals surface area (Å²) in [7, 11) is -3.51. The zero-order chi connectivity index (χ0) is 21.0. The molecule has 2 aromatic rings. The molecule has 3 rings (SSSR count). The van der Waals surface area contributed by atoms with Crippen molar-refractivity contribution in [2.75, 3.05) is 25.4 Å². The molecule has 154 valence electrons. The maximum atomic E-state index is 12.5. The highest BCUT2D eigenvalue weighted by Crippen LogP contribution is 2.24. The number of sulfonamides is 1. The Morgan fingerprint density at radius 1 is 1.00 bits per heavy atom. The number of hydrogen-bond donors (Lipinski definition) is 0. The third-order valence-corrected chi connectivity index (χ3v) is 7.77. The van der Waals surface area contributed by atoms with Gasteiger partial charge in [0.1, 0.15) is 4.90 Å². The Balaban J connectivity index is 1.53. The fourth-order valence-electron chi connectivity index (χ4n) is 3.16. The van der Waals surface area contributed by atoms with Gasteiger partial charge in [-0.3, -0.25) is 14.5 Å². The fourth-order valence-corrected chi connectivity index (χ4v) is 5.34. The monoisotopic (exact) mass is 433 g/mol. The number of amides is 2. The molecule has 7 nitrogen and oxygen atoms in total. The molecule has 0 atom stereocenters. The molecular formula is C20H23N3O4S2. The van der Waals surface area contributed by atoms with Gasteiger partial charge in [-0.2, -0.15) is 4.31 Å². The van der Waals surface area contributed by atoms with Crippen LogP contribution in [-0.2, 0) is 10.0 Å². The van der Waals surface area contributed by atoms with Gasteiger partial charge in [0.25, 0.3) is 11.8 Å². The number of imide groups is 1. The summed E-state index contributed by atoms with van der Waals surface area (Å²) >= 11 is 1.46. The van der Waals surface area contributed by atoms with Crippen molar-refractivity contribution >= 4 is 33.6 Å². The van der Waals surface area contributed by atoms with E-state index in [1.54, 1.807) is 50.2 Å². The van der Waals surface area contributed by atoms with Crippen LogP contribution in [0.3, 0.4) is 0 Å². The summed E-state index contributed by atoms with van der Waals surface area (Å²) in [6.07, 6.45) is 2.00. The van der Waals surface area contributed by atoms with Crippen molar-refractivity contribution in [3.05, 3.63) is 53.7 Å². The minimum atomic E-state index is -3.51. The first kappa shape index (κ1) is 21.5. The van der Waals surface area contributed by atoms with E-state index in [-0.39, 0.29) is 16.7 Å². The van der Waals surface area contributed by atoms with Crippen molar-refractivity contribution in [3.8, 4) is 0 Å². The molecule has 0 radical (unpaired) electrons. The van der Waals surface area contributed by atoms with Gasteiger partial charge in [0.2, 0.25) is 10.0 Å². The molecule has 0 fully saturated rings. The first-order chi connectivity index (χ1) is 13.9. The summed E-state index contributed by atoms with van der Waals surface area (Å²) in [4.78, 5) is 30.4. The molecule has 1 aromatic heterocycles. The number of benzene rings is 1. The average molecular weight is 434 g/mol. The van der Waals surface area contributed by atoms with Crippen molar-refractivity contribution in [1.82, 2.24) is 14.2 Å². The van der Waals surface area contributed by atoms with Crippen LogP contribution in [0.4, 0.5) is 0 Å². The van der Waals surface area contributed by atoms with Crippen molar-refractivity contribution in [2.24, 2.45) is 0 Å². The van der Waals surface area contributed by atoms with Crippen LogP contribution in [-0.4, -0.2) is 59.8 Å². The number of pyridine rings is 1. The number of carbonyl (C=O) groups excluding carboxylic acids is 2. The summed E-state index contributed by atoms with van der Waals surface area (Å²) in [6.45, 7) is 4.76. The van der Waals surface area contributed by atoms with Crippen LogP contribution in [0.15, 0.2) is 52.5 Å². The maximum Gasteiger partial charge on any atom is 0.261 e. The number of hydrogen-bond acceptors (Lipinski definition) is 6. The van der Waals surface area contributed by atoms with E-state index in [0.717, 1.165) is 0 Å². The summed E-state index contributed by atoms with van der Waals surface area (Å²) in [5.41, 5.74) is 0.911. The second kappa shape index (κ2) is 9.06. The first-order valence-electron chi connectivity index (χ1n) is 9.44. The largest absolute Gasteiger partial charge is 0.274 e. The summed E-state index contributed by atoms with van der Waals surface area (Å²) in [5.74, 6) is 0.155. The van der Waals surface area contributed by atoms with E-state index in [2.05, 4.69) is 4.98 Å². The third kappa shape index (κ3) is 4.36. The summed E-state index contributed by atoms with van der Waals surface area (Å²) in [5, 5.41) is 0.700. The lowest BCUT2D eigenvalue weighted by atomic mass is 10.1. The van der Waals surface area contributed by atoms with Crippen LogP contribution in [0.2, 0.25) is 0 Å².